The summed E-state index contributed by atoms with van der Waals surface area (Å²) in [5.41, 5.74) is 2.25. The van der Waals surface area contributed by atoms with Gasteiger partial charge in [-0.25, -0.2) is 4.39 Å². The predicted octanol–water partition coefficient (Wildman–Crippen LogP) is 2.94. The number of carbonyl (C=O) groups is 1. The molecule has 4 nitrogen and oxygen atoms in total. The maximum atomic E-state index is 13.9. The van der Waals surface area contributed by atoms with E-state index in [1.54, 1.807) is 12.1 Å². The van der Waals surface area contributed by atoms with Crippen LogP contribution in [0.25, 0.3) is 0 Å². The van der Waals surface area contributed by atoms with E-state index in [1.165, 1.54) is 12.1 Å². The summed E-state index contributed by atoms with van der Waals surface area (Å²) in [7, 11) is 0. The number of rotatable bonds is 5. The minimum atomic E-state index is -0.506. The Labute approximate surface area is 147 Å². The van der Waals surface area contributed by atoms with E-state index in [2.05, 4.69) is 10.2 Å². The topological polar surface area (TPSA) is 41.6 Å². The Morgan fingerprint density at radius 3 is 2.52 bits per heavy atom. The van der Waals surface area contributed by atoms with Crippen molar-refractivity contribution in [3.8, 4) is 0 Å². The van der Waals surface area contributed by atoms with Gasteiger partial charge >= 0.3 is 0 Å². The number of nitrogens with zero attached hydrogens (tertiary/aromatic N) is 1. The average molecular weight is 342 g/mol. The smallest absolute Gasteiger partial charge is 0.254 e. The van der Waals surface area contributed by atoms with Crippen LogP contribution in [0, 0.1) is 12.7 Å². The highest BCUT2D eigenvalue weighted by Gasteiger charge is 2.21. The molecule has 0 saturated carbocycles. The number of morpholine rings is 1. The maximum Gasteiger partial charge on any atom is 0.254 e. The normalized spacial score (nSPS) is 16.4. The summed E-state index contributed by atoms with van der Waals surface area (Å²) in [5.74, 6) is -0.897. The monoisotopic (exact) mass is 342 g/mol. The van der Waals surface area contributed by atoms with Crippen LogP contribution in [0.3, 0.4) is 0 Å². The summed E-state index contributed by atoms with van der Waals surface area (Å²) in [5, 5.41) is 3.00. The lowest BCUT2D eigenvalue weighted by atomic mass is 10.0. The molecule has 2 aromatic rings. The van der Waals surface area contributed by atoms with Crippen molar-refractivity contribution in [3.63, 3.8) is 0 Å². The first-order valence-electron chi connectivity index (χ1n) is 8.55. The molecule has 1 fully saturated rings. The van der Waals surface area contributed by atoms with Crippen molar-refractivity contribution in [2.75, 3.05) is 32.8 Å². The zero-order chi connectivity index (χ0) is 17.6. The van der Waals surface area contributed by atoms with Gasteiger partial charge in [0.15, 0.2) is 0 Å². The lowest BCUT2D eigenvalue weighted by Gasteiger charge is -2.31. The van der Waals surface area contributed by atoms with Crippen molar-refractivity contribution in [2.45, 2.75) is 13.0 Å². The quantitative estimate of drug-likeness (QED) is 0.908. The SMILES string of the molecule is Cc1ccc([C@H](CN2CCOCC2)NC(=O)c2ccccc2F)cc1. The number of hydrogen-bond donors (Lipinski definition) is 1. The number of nitrogens with one attached hydrogen (secondary N) is 1. The number of halogens is 1. The maximum absolute atomic E-state index is 13.9. The fourth-order valence-corrected chi connectivity index (χ4v) is 2.96. The van der Waals surface area contributed by atoms with Crippen LogP contribution in [0.1, 0.15) is 27.5 Å². The summed E-state index contributed by atoms with van der Waals surface area (Å²) < 4.78 is 19.3. The van der Waals surface area contributed by atoms with Crippen molar-refractivity contribution in [1.29, 1.82) is 0 Å². The molecule has 25 heavy (non-hydrogen) atoms. The number of hydrogen-bond acceptors (Lipinski definition) is 3. The van der Waals surface area contributed by atoms with Gasteiger partial charge in [0.2, 0.25) is 0 Å². The number of benzene rings is 2. The van der Waals surface area contributed by atoms with E-state index in [0.29, 0.717) is 19.8 Å². The van der Waals surface area contributed by atoms with Crippen molar-refractivity contribution >= 4 is 5.91 Å². The van der Waals surface area contributed by atoms with Gasteiger partial charge in [0.05, 0.1) is 24.8 Å². The second-order valence-corrected chi connectivity index (χ2v) is 6.33. The van der Waals surface area contributed by atoms with Crippen molar-refractivity contribution < 1.29 is 13.9 Å². The van der Waals surface area contributed by atoms with E-state index in [9.17, 15) is 9.18 Å². The fraction of sp³-hybridized carbons (Fsp3) is 0.350. The Balaban J connectivity index is 1.78. The van der Waals surface area contributed by atoms with Gasteiger partial charge in [0.1, 0.15) is 5.82 Å². The summed E-state index contributed by atoms with van der Waals surface area (Å²) in [6.45, 7) is 5.75. The first-order chi connectivity index (χ1) is 12.1. The van der Waals surface area contributed by atoms with E-state index in [4.69, 9.17) is 4.74 Å². The van der Waals surface area contributed by atoms with Gasteiger partial charge in [-0.1, -0.05) is 42.0 Å². The minimum Gasteiger partial charge on any atom is -0.379 e. The summed E-state index contributed by atoms with van der Waals surface area (Å²) in [4.78, 5) is 14.8. The van der Waals surface area contributed by atoms with E-state index < -0.39 is 11.7 Å². The third-order valence-corrected chi connectivity index (χ3v) is 4.45. The third-order valence-electron chi connectivity index (χ3n) is 4.45. The Kier molecular flexibility index (Phi) is 5.79. The van der Waals surface area contributed by atoms with Crippen LogP contribution in [0.5, 0.6) is 0 Å². The molecule has 1 atom stereocenters. The van der Waals surface area contributed by atoms with Gasteiger partial charge in [0.25, 0.3) is 5.91 Å². The zero-order valence-corrected chi connectivity index (χ0v) is 14.4. The van der Waals surface area contributed by atoms with Crippen LogP contribution >= 0.6 is 0 Å². The molecule has 1 heterocycles. The number of aryl methyl sites for hydroxylation is 1. The largest absolute Gasteiger partial charge is 0.379 e. The van der Waals surface area contributed by atoms with E-state index in [1.807, 2.05) is 31.2 Å². The molecule has 0 aromatic heterocycles. The van der Waals surface area contributed by atoms with Crippen LogP contribution in [-0.2, 0) is 4.74 Å². The summed E-state index contributed by atoms with van der Waals surface area (Å²) in [6.07, 6.45) is 0. The molecular weight excluding hydrogens is 319 g/mol. The van der Waals surface area contributed by atoms with Gasteiger partial charge in [0, 0.05) is 19.6 Å². The molecular formula is C20H23FN2O2. The van der Waals surface area contributed by atoms with Crippen LogP contribution in [0.2, 0.25) is 0 Å². The third kappa shape index (κ3) is 4.65. The number of ether oxygens (including phenoxy) is 1. The Morgan fingerprint density at radius 1 is 1.16 bits per heavy atom. The molecule has 1 amide bonds. The van der Waals surface area contributed by atoms with Crippen LogP contribution in [-0.4, -0.2) is 43.7 Å². The zero-order valence-electron chi connectivity index (χ0n) is 14.4. The van der Waals surface area contributed by atoms with Crippen molar-refractivity contribution in [2.24, 2.45) is 0 Å². The first kappa shape index (κ1) is 17.6. The van der Waals surface area contributed by atoms with Gasteiger partial charge in [-0.05, 0) is 24.6 Å². The molecule has 3 rings (SSSR count). The second kappa shape index (κ2) is 8.23. The molecule has 2 aromatic carbocycles. The Morgan fingerprint density at radius 2 is 1.84 bits per heavy atom. The van der Waals surface area contributed by atoms with E-state index in [-0.39, 0.29) is 11.6 Å². The van der Waals surface area contributed by atoms with Crippen LogP contribution in [0.15, 0.2) is 48.5 Å². The van der Waals surface area contributed by atoms with E-state index >= 15 is 0 Å². The standard InChI is InChI=1S/C20H23FN2O2/c1-15-6-8-16(9-7-15)19(14-23-10-12-25-13-11-23)22-20(24)17-4-2-3-5-18(17)21/h2-9,19H,10-14H2,1H3,(H,22,24)/t19-/m0/s1. The lowest BCUT2D eigenvalue weighted by Crippen LogP contribution is -2.43. The average Bonchev–Trinajstić information content (AvgIpc) is 2.63. The highest BCUT2D eigenvalue weighted by molar-refractivity contribution is 5.94. The molecule has 0 aliphatic carbocycles. The van der Waals surface area contributed by atoms with Gasteiger partial charge in [-0.3, -0.25) is 9.69 Å². The highest BCUT2D eigenvalue weighted by atomic mass is 19.1. The number of carbonyl (C=O) groups excluding carboxylic acids is 1. The lowest BCUT2D eigenvalue weighted by molar-refractivity contribution is 0.0332. The molecule has 0 radical (unpaired) electrons. The second-order valence-electron chi connectivity index (χ2n) is 6.33. The van der Waals surface area contributed by atoms with Crippen molar-refractivity contribution in [3.05, 3.63) is 71.0 Å². The summed E-state index contributed by atoms with van der Waals surface area (Å²) in [6, 6.07) is 13.9. The predicted molar refractivity (Wildman–Crippen MR) is 95.0 cm³/mol. The van der Waals surface area contributed by atoms with E-state index in [0.717, 1.165) is 24.2 Å². The molecule has 0 unspecified atom stereocenters. The molecule has 0 spiro atoms. The first-order valence-corrected chi connectivity index (χ1v) is 8.55. The van der Waals surface area contributed by atoms with Crippen LogP contribution < -0.4 is 5.32 Å². The van der Waals surface area contributed by atoms with Gasteiger partial charge < -0.3 is 10.1 Å². The highest BCUT2D eigenvalue weighted by Crippen LogP contribution is 2.18. The minimum absolute atomic E-state index is 0.0709. The molecule has 1 aliphatic heterocycles. The number of amides is 1. The molecule has 1 N–H and O–H groups in total. The Bertz CT molecular complexity index is 712. The Hall–Kier alpha value is -2.24. The molecule has 1 saturated heterocycles. The molecule has 1 aliphatic rings. The fourth-order valence-electron chi connectivity index (χ4n) is 2.96. The van der Waals surface area contributed by atoms with Gasteiger partial charge in [-0.15, -0.1) is 0 Å². The molecule has 0 bridgehead atoms. The summed E-state index contributed by atoms with van der Waals surface area (Å²) >= 11 is 0. The van der Waals surface area contributed by atoms with Gasteiger partial charge in [-0.2, -0.15) is 0 Å². The van der Waals surface area contributed by atoms with Crippen LogP contribution in [0.4, 0.5) is 4.39 Å². The molecule has 5 heteroatoms. The van der Waals surface area contributed by atoms with Crippen molar-refractivity contribution in [1.82, 2.24) is 10.2 Å². The molecule has 132 valence electrons.